The van der Waals surface area contributed by atoms with E-state index in [1.807, 2.05) is 0 Å². The lowest BCUT2D eigenvalue weighted by atomic mass is 10.3. The summed E-state index contributed by atoms with van der Waals surface area (Å²) in [5.74, 6) is -0.732. The Hall–Kier alpha value is -2.38. The molecule has 3 N–H and O–H groups in total. The predicted octanol–water partition coefficient (Wildman–Crippen LogP) is 1.82. The minimum Gasteiger partial charge on any atom is -0.385 e. The molecule has 0 amide bonds. The molecule has 1 aromatic carbocycles. The van der Waals surface area contributed by atoms with Crippen LogP contribution >= 0.6 is 0 Å². The molecule has 8 heteroatoms. The summed E-state index contributed by atoms with van der Waals surface area (Å²) in [7, 11) is 0. The lowest BCUT2D eigenvalue weighted by molar-refractivity contribution is 0.584. The van der Waals surface area contributed by atoms with Gasteiger partial charge in [0.15, 0.2) is 5.84 Å². The van der Waals surface area contributed by atoms with Crippen LogP contribution in [0.15, 0.2) is 38.7 Å². The summed E-state index contributed by atoms with van der Waals surface area (Å²) >= 11 is 0. The van der Waals surface area contributed by atoms with Gasteiger partial charge in [0, 0.05) is 6.07 Å². The van der Waals surface area contributed by atoms with E-state index in [9.17, 15) is 8.78 Å². The van der Waals surface area contributed by atoms with Crippen LogP contribution in [-0.2, 0) is 0 Å². The molecule has 1 heterocycles. The minimum absolute atomic E-state index is 0.152. The standard InChI is InChI=1S/C9H8F2N6/c10-5-1-6(11)3-7(2-5)13-17-16-9-4-8(12)14-15-9/h1-3H,4H2,(H2,12,14)(H,13,15,16). The molecular weight excluding hydrogens is 230 g/mol. The number of anilines is 1. The molecule has 0 aliphatic carbocycles. The molecule has 1 aromatic rings. The van der Waals surface area contributed by atoms with Crippen LogP contribution in [0.3, 0.4) is 0 Å². The smallest absolute Gasteiger partial charge is 0.182 e. The van der Waals surface area contributed by atoms with Gasteiger partial charge in [-0.15, -0.1) is 15.3 Å². The van der Waals surface area contributed by atoms with Gasteiger partial charge in [-0.1, -0.05) is 5.22 Å². The Bertz CT molecular complexity index is 502. The van der Waals surface area contributed by atoms with Crippen molar-refractivity contribution in [2.45, 2.75) is 6.42 Å². The number of nitrogens with zero attached hydrogens (tertiary/aromatic N) is 4. The molecule has 0 saturated carbocycles. The monoisotopic (exact) mass is 238 g/mol. The van der Waals surface area contributed by atoms with Crippen molar-refractivity contribution >= 4 is 17.4 Å². The zero-order valence-electron chi connectivity index (χ0n) is 8.56. The second-order valence-electron chi connectivity index (χ2n) is 3.25. The minimum atomic E-state index is -0.700. The van der Waals surface area contributed by atoms with Gasteiger partial charge >= 0.3 is 0 Å². The fourth-order valence-corrected chi connectivity index (χ4v) is 1.17. The van der Waals surface area contributed by atoms with Crippen molar-refractivity contribution in [3.63, 3.8) is 0 Å². The largest absolute Gasteiger partial charge is 0.385 e. The SMILES string of the molecule is NC1=NN=C(N=NNc2cc(F)cc(F)c2)C1. The van der Waals surface area contributed by atoms with E-state index >= 15 is 0 Å². The van der Waals surface area contributed by atoms with Gasteiger partial charge in [0.25, 0.3) is 0 Å². The number of hydrogen-bond acceptors (Lipinski definition) is 5. The van der Waals surface area contributed by atoms with E-state index in [4.69, 9.17) is 5.73 Å². The summed E-state index contributed by atoms with van der Waals surface area (Å²) < 4.78 is 25.6. The van der Waals surface area contributed by atoms with Crippen molar-refractivity contribution in [3.8, 4) is 0 Å². The summed E-state index contributed by atoms with van der Waals surface area (Å²) in [6, 6.07) is 2.94. The van der Waals surface area contributed by atoms with Gasteiger partial charge in [-0.3, -0.25) is 5.43 Å². The molecule has 6 nitrogen and oxygen atoms in total. The van der Waals surface area contributed by atoms with Crippen LogP contribution in [0, 0.1) is 11.6 Å². The van der Waals surface area contributed by atoms with Crippen molar-refractivity contribution in [1.82, 2.24) is 0 Å². The molecular formula is C9H8F2N6. The molecule has 0 radical (unpaired) electrons. The highest BCUT2D eigenvalue weighted by atomic mass is 19.1. The van der Waals surface area contributed by atoms with E-state index in [1.165, 1.54) is 0 Å². The van der Waals surface area contributed by atoms with Crippen molar-refractivity contribution in [3.05, 3.63) is 29.8 Å². The van der Waals surface area contributed by atoms with Gasteiger partial charge < -0.3 is 5.73 Å². The summed E-state index contributed by atoms with van der Waals surface area (Å²) in [6.45, 7) is 0. The molecule has 0 fully saturated rings. The van der Waals surface area contributed by atoms with Gasteiger partial charge in [-0.25, -0.2) is 8.78 Å². The summed E-state index contributed by atoms with van der Waals surface area (Å²) in [4.78, 5) is 0. The van der Waals surface area contributed by atoms with Crippen LogP contribution < -0.4 is 11.2 Å². The first-order valence-electron chi connectivity index (χ1n) is 4.65. The van der Waals surface area contributed by atoms with Crippen molar-refractivity contribution in [2.24, 2.45) is 26.3 Å². The van der Waals surface area contributed by atoms with E-state index in [0.29, 0.717) is 18.1 Å². The van der Waals surface area contributed by atoms with Crippen LogP contribution in [0.2, 0.25) is 0 Å². The summed E-state index contributed by atoms with van der Waals surface area (Å²) in [5.41, 5.74) is 7.89. The Morgan fingerprint density at radius 3 is 2.47 bits per heavy atom. The Labute approximate surface area is 94.9 Å². The lowest BCUT2D eigenvalue weighted by Crippen LogP contribution is -2.10. The molecule has 0 saturated heterocycles. The molecule has 0 bridgehead atoms. The van der Waals surface area contributed by atoms with Crippen molar-refractivity contribution in [2.75, 3.05) is 5.43 Å². The van der Waals surface area contributed by atoms with Crippen LogP contribution in [0.25, 0.3) is 0 Å². The molecule has 1 aliphatic rings. The number of benzene rings is 1. The quantitative estimate of drug-likeness (QED) is 0.608. The molecule has 1 aliphatic heterocycles. The van der Waals surface area contributed by atoms with E-state index < -0.39 is 11.6 Å². The third-order valence-corrected chi connectivity index (χ3v) is 1.84. The van der Waals surface area contributed by atoms with E-state index in [2.05, 4.69) is 26.0 Å². The average Bonchev–Trinajstić information content (AvgIpc) is 2.63. The van der Waals surface area contributed by atoms with Gasteiger partial charge in [-0.2, -0.15) is 0 Å². The zero-order chi connectivity index (χ0) is 12.3. The van der Waals surface area contributed by atoms with Crippen LogP contribution in [0.4, 0.5) is 14.5 Å². The number of nitrogens with two attached hydrogens (primary N) is 1. The van der Waals surface area contributed by atoms with Gasteiger partial charge in [0.1, 0.15) is 17.5 Å². The van der Waals surface area contributed by atoms with E-state index in [1.54, 1.807) is 0 Å². The fourth-order valence-electron chi connectivity index (χ4n) is 1.17. The molecule has 0 aromatic heterocycles. The second-order valence-corrected chi connectivity index (χ2v) is 3.25. The van der Waals surface area contributed by atoms with Crippen LogP contribution in [0.5, 0.6) is 0 Å². The molecule has 2 rings (SSSR count). The predicted molar refractivity (Wildman–Crippen MR) is 58.5 cm³/mol. The highest BCUT2D eigenvalue weighted by Gasteiger charge is 2.07. The first-order valence-corrected chi connectivity index (χ1v) is 4.65. The first-order chi connectivity index (χ1) is 8.13. The third-order valence-electron chi connectivity index (χ3n) is 1.84. The Morgan fingerprint density at radius 2 is 1.88 bits per heavy atom. The fraction of sp³-hybridized carbons (Fsp3) is 0.111. The van der Waals surface area contributed by atoms with E-state index in [-0.39, 0.29) is 5.69 Å². The molecule has 17 heavy (non-hydrogen) atoms. The van der Waals surface area contributed by atoms with Crippen LogP contribution in [0.1, 0.15) is 6.42 Å². The highest BCUT2D eigenvalue weighted by Crippen LogP contribution is 2.12. The van der Waals surface area contributed by atoms with Crippen LogP contribution in [-0.4, -0.2) is 11.7 Å². The molecule has 88 valence electrons. The van der Waals surface area contributed by atoms with Crippen molar-refractivity contribution in [1.29, 1.82) is 0 Å². The Kier molecular flexibility index (Phi) is 3.03. The normalized spacial score (nSPS) is 14.9. The highest BCUT2D eigenvalue weighted by molar-refractivity contribution is 6.04. The maximum atomic E-state index is 12.8. The summed E-state index contributed by atoms with van der Waals surface area (Å²) in [5, 5.41) is 14.3. The molecule has 0 unspecified atom stereocenters. The number of hydrogen-bond donors (Lipinski definition) is 2. The number of nitrogens with one attached hydrogen (secondary N) is 1. The Balaban J connectivity index is 1.96. The third kappa shape index (κ3) is 3.03. The number of halogens is 2. The molecule has 0 spiro atoms. The summed E-state index contributed by atoms with van der Waals surface area (Å²) in [6.07, 6.45) is 0.308. The topological polar surface area (TPSA) is 87.5 Å². The second kappa shape index (κ2) is 4.64. The lowest BCUT2D eigenvalue weighted by Gasteiger charge is -1.99. The van der Waals surface area contributed by atoms with Crippen molar-refractivity contribution < 1.29 is 8.78 Å². The van der Waals surface area contributed by atoms with E-state index in [0.717, 1.165) is 18.2 Å². The number of amidine groups is 2. The number of rotatable bonds is 2. The Morgan fingerprint density at radius 1 is 1.18 bits per heavy atom. The van der Waals surface area contributed by atoms with Gasteiger partial charge in [-0.05, 0) is 12.1 Å². The molecule has 0 atom stereocenters. The maximum absolute atomic E-state index is 12.8. The van der Waals surface area contributed by atoms with Gasteiger partial charge in [0.05, 0.1) is 12.1 Å². The van der Waals surface area contributed by atoms with Gasteiger partial charge in [0.2, 0.25) is 0 Å². The maximum Gasteiger partial charge on any atom is 0.182 e. The first kappa shape index (κ1) is 11.1. The average molecular weight is 238 g/mol. The zero-order valence-corrected chi connectivity index (χ0v) is 8.56.